The third-order valence-electron chi connectivity index (χ3n) is 1.85. The summed E-state index contributed by atoms with van der Waals surface area (Å²) in [4.78, 5) is 20.4. The Bertz CT molecular complexity index is 507. The van der Waals surface area contributed by atoms with Crippen LogP contribution in [-0.2, 0) is 11.2 Å². The van der Waals surface area contributed by atoms with Crippen molar-refractivity contribution in [1.29, 1.82) is 5.26 Å². The van der Waals surface area contributed by atoms with Crippen molar-refractivity contribution in [3.8, 4) is 6.07 Å². The fourth-order valence-electron chi connectivity index (χ4n) is 1.17. The summed E-state index contributed by atoms with van der Waals surface area (Å²) in [6, 6.07) is 4.12. The minimum atomic E-state index is -1.07. The molecule has 0 heterocycles. The predicted octanol–water partition coefficient (Wildman–Crippen LogP) is 1.86. The Labute approximate surface area is 98.4 Å². The van der Waals surface area contributed by atoms with Crippen LogP contribution < -0.4 is 0 Å². The summed E-state index contributed by atoms with van der Waals surface area (Å²) in [5.41, 5.74) is -0.179. The quantitative estimate of drug-likeness (QED) is 0.674. The van der Waals surface area contributed by atoms with Gasteiger partial charge in [-0.25, -0.2) is 0 Å². The molecule has 0 atom stereocenters. The fourth-order valence-corrected chi connectivity index (χ4v) is 1.73. The van der Waals surface area contributed by atoms with E-state index in [4.69, 9.17) is 10.4 Å². The number of nitriles is 1. The van der Waals surface area contributed by atoms with Gasteiger partial charge in [-0.05, 0) is 21.5 Å². The van der Waals surface area contributed by atoms with Gasteiger partial charge in [0.05, 0.1) is 11.3 Å². The summed E-state index contributed by atoms with van der Waals surface area (Å²) in [6.45, 7) is 0. The number of carboxylic acid groups (broad SMARTS) is 1. The topological polar surface area (TPSA) is 104 Å². The molecule has 7 heteroatoms. The fraction of sp³-hybridized carbons (Fsp3) is 0.111. The second kappa shape index (κ2) is 4.72. The van der Waals surface area contributed by atoms with Crippen LogP contribution in [0.4, 0.5) is 5.69 Å². The second-order valence-corrected chi connectivity index (χ2v) is 3.67. The number of hydrogen-bond acceptors (Lipinski definition) is 4. The molecule has 0 aliphatic carbocycles. The Morgan fingerprint density at radius 1 is 1.62 bits per heavy atom. The van der Waals surface area contributed by atoms with E-state index in [1.54, 1.807) is 6.07 Å². The zero-order chi connectivity index (χ0) is 12.3. The maximum Gasteiger partial charge on any atom is 0.307 e. The maximum atomic E-state index is 10.6. The number of halogens is 1. The molecular formula is C9H5BrN2O4. The van der Waals surface area contributed by atoms with E-state index in [2.05, 4.69) is 15.9 Å². The normalized spacial score (nSPS) is 9.50. The van der Waals surface area contributed by atoms with Crippen molar-refractivity contribution in [2.45, 2.75) is 6.42 Å². The van der Waals surface area contributed by atoms with Crippen LogP contribution in [0.5, 0.6) is 0 Å². The molecule has 1 N–H and O–H groups in total. The highest BCUT2D eigenvalue weighted by Gasteiger charge is 2.20. The van der Waals surface area contributed by atoms with Crippen molar-refractivity contribution in [3.05, 3.63) is 37.8 Å². The zero-order valence-electron chi connectivity index (χ0n) is 7.81. The Morgan fingerprint density at radius 2 is 2.25 bits per heavy atom. The number of hydrogen-bond donors (Lipinski definition) is 1. The van der Waals surface area contributed by atoms with Gasteiger partial charge in [0.25, 0.3) is 5.69 Å². The number of carboxylic acids is 1. The summed E-state index contributed by atoms with van der Waals surface area (Å²) in [5, 5.41) is 28.0. The van der Waals surface area contributed by atoms with E-state index in [1.165, 1.54) is 6.07 Å². The van der Waals surface area contributed by atoms with Gasteiger partial charge in [-0.15, -0.1) is 0 Å². The molecule has 16 heavy (non-hydrogen) atoms. The van der Waals surface area contributed by atoms with E-state index >= 15 is 0 Å². The largest absolute Gasteiger partial charge is 0.481 e. The lowest BCUT2D eigenvalue weighted by molar-refractivity contribution is -0.385. The SMILES string of the molecule is N#Cc1c([N+](=O)[O-])ccc(CC(=O)O)c1Br. The van der Waals surface area contributed by atoms with Crippen LogP contribution in [0.15, 0.2) is 16.6 Å². The Kier molecular flexibility index (Phi) is 3.58. The van der Waals surface area contributed by atoms with Gasteiger partial charge < -0.3 is 5.11 Å². The van der Waals surface area contributed by atoms with Crippen LogP contribution in [0.3, 0.4) is 0 Å². The zero-order valence-corrected chi connectivity index (χ0v) is 9.39. The van der Waals surface area contributed by atoms with E-state index in [9.17, 15) is 14.9 Å². The molecular weight excluding hydrogens is 280 g/mol. The van der Waals surface area contributed by atoms with Crippen LogP contribution in [0.2, 0.25) is 0 Å². The standard InChI is InChI=1S/C9H5BrN2O4/c10-9-5(3-8(13)14)1-2-7(12(15)16)6(9)4-11/h1-2H,3H2,(H,13,14). The number of nitro groups is 1. The summed E-state index contributed by atoms with van der Waals surface area (Å²) in [6.07, 6.45) is -0.298. The van der Waals surface area contributed by atoms with Crippen molar-refractivity contribution in [1.82, 2.24) is 0 Å². The summed E-state index contributed by atoms with van der Waals surface area (Å²) >= 11 is 3.00. The average molecular weight is 285 g/mol. The average Bonchev–Trinajstić information content (AvgIpc) is 2.19. The molecule has 0 radical (unpaired) electrons. The van der Waals surface area contributed by atoms with Gasteiger partial charge in [0.2, 0.25) is 0 Å². The van der Waals surface area contributed by atoms with Gasteiger partial charge >= 0.3 is 5.97 Å². The molecule has 82 valence electrons. The molecule has 0 aromatic heterocycles. The molecule has 0 bridgehead atoms. The number of carbonyl (C=O) groups is 1. The first-order valence-electron chi connectivity index (χ1n) is 4.05. The van der Waals surface area contributed by atoms with Crippen LogP contribution in [0.1, 0.15) is 11.1 Å². The Balaban J connectivity index is 3.35. The van der Waals surface area contributed by atoms with Crippen molar-refractivity contribution in [2.24, 2.45) is 0 Å². The van der Waals surface area contributed by atoms with E-state index < -0.39 is 10.9 Å². The van der Waals surface area contributed by atoms with Crippen LogP contribution in [0.25, 0.3) is 0 Å². The number of aliphatic carboxylic acids is 1. The summed E-state index contributed by atoms with van der Waals surface area (Å²) in [5.74, 6) is -1.07. The third kappa shape index (κ3) is 2.35. The van der Waals surface area contributed by atoms with Gasteiger partial charge in [-0.2, -0.15) is 5.26 Å². The molecule has 1 rings (SSSR count). The highest BCUT2D eigenvalue weighted by atomic mass is 79.9. The Morgan fingerprint density at radius 3 is 2.69 bits per heavy atom. The van der Waals surface area contributed by atoms with E-state index in [0.29, 0.717) is 5.56 Å². The highest BCUT2D eigenvalue weighted by Crippen LogP contribution is 2.29. The Hall–Kier alpha value is -1.94. The van der Waals surface area contributed by atoms with Crippen molar-refractivity contribution in [3.63, 3.8) is 0 Å². The maximum absolute atomic E-state index is 10.6. The van der Waals surface area contributed by atoms with Gasteiger partial charge in [0, 0.05) is 10.5 Å². The van der Waals surface area contributed by atoms with E-state index in [-0.39, 0.29) is 22.1 Å². The van der Waals surface area contributed by atoms with Gasteiger partial charge in [0.1, 0.15) is 11.6 Å². The molecule has 0 amide bonds. The van der Waals surface area contributed by atoms with Crippen LogP contribution in [0, 0.1) is 21.4 Å². The van der Waals surface area contributed by atoms with Gasteiger partial charge in [-0.3, -0.25) is 14.9 Å². The molecule has 0 fully saturated rings. The predicted molar refractivity (Wildman–Crippen MR) is 56.9 cm³/mol. The highest BCUT2D eigenvalue weighted by molar-refractivity contribution is 9.10. The molecule has 1 aromatic rings. The van der Waals surface area contributed by atoms with Crippen LogP contribution >= 0.6 is 15.9 Å². The molecule has 0 saturated carbocycles. The molecule has 0 spiro atoms. The summed E-state index contributed by atoms with van der Waals surface area (Å²) in [7, 11) is 0. The first-order valence-corrected chi connectivity index (χ1v) is 4.84. The van der Waals surface area contributed by atoms with Crippen molar-refractivity contribution in [2.75, 3.05) is 0 Å². The van der Waals surface area contributed by atoms with E-state index in [0.717, 1.165) is 6.07 Å². The molecule has 0 saturated heterocycles. The third-order valence-corrected chi connectivity index (χ3v) is 2.76. The van der Waals surface area contributed by atoms with Crippen molar-refractivity contribution < 1.29 is 14.8 Å². The minimum absolute atomic E-state index is 0.159. The van der Waals surface area contributed by atoms with E-state index in [1.807, 2.05) is 0 Å². The minimum Gasteiger partial charge on any atom is -0.481 e. The number of nitro benzene ring substituents is 1. The smallest absolute Gasteiger partial charge is 0.307 e. The summed E-state index contributed by atoms with van der Waals surface area (Å²) < 4.78 is 0.159. The molecule has 0 unspecified atom stereocenters. The molecule has 0 aliphatic heterocycles. The molecule has 1 aromatic carbocycles. The monoisotopic (exact) mass is 284 g/mol. The second-order valence-electron chi connectivity index (χ2n) is 2.87. The lowest BCUT2D eigenvalue weighted by Gasteiger charge is -2.03. The van der Waals surface area contributed by atoms with Gasteiger partial charge in [0.15, 0.2) is 0 Å². The lowest BCUT2D eigenvalue weighted by atomic mass is 10.1. The molecule has 0 aliphatic rings. The lowest BCUT2D eigenvalue weighted by Crippen LogP contribution is -2.03. The number of rotatable bonds is 3. The van der Waals surface area contributed by atoms with Crippen LogP contribution in [-0.4, -0.2) is 16.0 Å². The van der Waals surface area contributed by atoms with Crippen molar-refractivity contribution >= 4 is 27.6 Å². The number of nitrogens with zero attached hydrogens (tertiary/aromatic N) is 2. The first kappa shape index (κ1) is 12.1. The molecule has 6 nitrogen and oxygen atoms in total. The van der Waals surface area contributed by atoms with Gasteiger partial charge in [-0.1, -0.05) is 6.07 Å². The number of benzene rings is 1. The first-order chi connectivity index (χ1) is 7.47.